The fourth-order valence-electron chi connectivity index (χ4n) is 2.04. The summed E-state index contributed by atoms with van der Waals surface area (Å²) in [5.74, 6) is -1.96. The molecule has 0 saturated heterocycles. The molecule has 0 spiro atoms. The number of halogens is 3. The molecule has 0 aliphatic rings. The number of rotatable bonds is 5. The van der Waals surface area contributed by atoms with Crippen LogP contribution >= 0.6 is 23.2 Å². The van der Waals surface area contributed by atoms with E-state index >= 15 is 0 Å². The summed E-state index contributed by atoms with van der Waals surface area (Å²) in [7, 11) is -4.35. The summed E-state index contributed by atoms with van der Waals surface area (Å²) < 4.78 is 39.7. The number of hydrogen-bond acceptors (Lipinski definition) is 3. The van der Waals surface area contributed by atoms with E-state index in [4.69, 9.17) is 23.2 Å². The summed E-state index contributed by atoms with van der Waals surface area (Å²) >= 11 is 11.8. The van der Waals surface area contributed by atoms with Crippen molar-refractivity contribution >= 4 is 44.9 Å². The molecule has 0 bridgehead atoms. The summed E-state index contributed by atoms with van der Waals surface area (Å²) in [6, 6.07) is 6.80. The van der Waals surface area contributed by atoms with Gasteiger partial charge in [0.15, 0.2) is 0 Å². The van der Waals surface area contributed by atoms with Crippen molar-refractivity contribution in [3.63, 3.8) is 0 Å². The van der Waals surface area contributed by atoms with Gasteiger partial charge in [0.05, 0.1) is 10.7 Å². The van der Waals surface area contributed by atoms with E-state index in [9.17, 15) is 22.7 Å². The summed E-state index contributed by atoms with van der Waals surface area (Å²) in [5, 5.41) is 9.28. The average Bonchev–Trinajstić information content (AvgIpc) is 2.51. The minimum Gasteiger partial charge on any atom is -0.480 e. The van der Waals surface area contributed by atoms with Gasteiger partial charge >= 0.3 is 5.97 Å². The lowest BCUT2D eigenvalue weighted by Gasteiger charge is -2.28. The van der Waals surface area contributed by atoms with Gasteiger partial charge in [-0.05, 0) is 49.4 Å². The molecule has 0 aromatic heterocycles. The summed E-state index contributed by atoms with van der Waals surface area (Å²) in [6.07, 6.45) is 0. The number of carboxylic acid groups (broad SMARTS) is 1. The standard InChI is InChI=1S/C15H12Cl2FNO4S/c1-9(15(20)21)19(12-5-3-11(18)4-6-12)24(22,23)14-8-10(16)2-7-13(14)17/h2-9H,1H3,(H,20,21). The molecule has 24 heavy (non-hydrogen) atoms. The van der Waals surface area contributed by atoms with Crippen LogP contribution in [-0.2, 0) is 14.8 Å². The number of carbonyl (C=O) groups is 1. The van der Waals surface area contributed by atoms with Crippen LogP contribution in [0.25, 0.3) is 0 Å². The predicted octanol–water partition coefficient (Wildman–Crippen LogP) is 3.80. The van der Waals surface area contributed by atoms with Crippen LogP contribution in [0.3, 0.4) is 0 Å². The molecule has 1 atom stereocenters. The van der Waals surface area contributed by atoms with Crippen molar-refractivity contribution in [1.29, 1.82) is 0 Å². The van der Waals surface area contributed by atoms with E-state index in [0.717, 1.165) is 18.2 Å². The SMILES string of the molecule is CC(C(=O)O)N(c1ccc(F)cc1)S(=O)(=O)c1cc(Cl)ccc1Cl. The molecule has 0 fully saturated rings. The Morgan fingerprint density at radius 2 is 1.75 bits per heavy atom. The Balaban J connectivity index is 2.67. The van der Waals surface area contributed by atoms with Gasteiger partial charge in [-0.1, -0.05) is 23.2 Å². The first-order valence-electron chi connectivity index (χ1n) is 6.62. The number of carboxylic acids is 1. The first kappa shape index (κ1) is 18.5. The van der Waals surface area contributed by atoms with Crippen molar-refractivity contribution in [3.8, 4) is 0 Å². The van der Waals surface area contributed by atoms with Gasteiger partial charge in [-0.15, -0.1) is 0 Å². The van der Waals surface area contributed by atoms with Crippen molar-refractivity contribution in [1.82, 2.24) is 0 Å². The van der Waals surface area contributed by atoms with Crippen molar-refractivity contribution in [2.45, 2.75) is 17.9 Å². The highest BCUT2D eigenvalue weighted by Crippen LogP contribution is 2.32. The zero-order chi connectivity index (χ0) is 18.1. The van der Waals surface area contributed by atoms with Gasteiger partial charge in [0.1, 0.15) is 16.8 Å². The van der Waals surface area contributed by atoms with Crippen molar-refractivity contribution in [3.05, 3.63) is 58.3 Å². The monoisotopic (exact) mass is 391 g/mol. The maximum absolute atomic E-state index is 13.1. The summed E-state index contributed by atoms with van der Waals surface area (Å²) in [6.45, 7) is 1.20. The first-order valence-corrected chi connectivity index (χ1v) is 8.82. The van der Waals surface area contributed by atoms with Gasteiger partial charge in [0, 0.05) is 5.02 Å². The van der Waals surface area contributed by atoms with Crippen LogP contribution in [0.4, 0.5) is 10.1 Å². The molecular formula is C15H12Cl2FNO4S. The smallest absolute Gasteiger partial charge is 0.327 e. The quantitative estimate of drug-likeness (QED) is 0.840. The van der Waals surface area contributed by atoms with Gasteiger partial charge in [-0.25, -0.2) is 17.6 Å². The van der Waals surface area contributed by atoms with E-state index in [1.54, 1.807) is 0 Å². The van der Waals surface area contributed by atoms with Gasteiger partial charge < -0.3 is 5.11 Å². The molecule has 2 aromatic carbocycles. The average molecular weight is 392 g/mol. The lowest BCUT2D eigenvalue weighted by molar-refractivity contribution is -0.137. The van der Waals surface area contributed by atoms with Crippen molar-refractivity contribution < 1.29 is 22.7 Å². The van der Waals surface area contributed by atoms with Crippen LogP contribution in [0.5, 0.6) is 0 Å². The minimum atomic E-state index is -4.35. The van der Waals surface area contributed by atoms with Crippen LogP contribution < -0.4 is 4.31 Å². The van der Waals surface area contributed by atoms with E-state index in [-0.39, 0.29) is 20.6 Å². The highest BCUT2D eigenvalue weighted by atomic mass is 35.5. The van der Waals surface area contributed by atoms with E-state index in [2.05, 4.69) is 0 Å². The molecule has 9 heteroatoms. The predicted molar refractivity (Wildman–Crippen MR) is 89.6 cm³/mol. The second-order valence-electron chi connectivity index (χ2n) is 4.87. The minimum absolute atomic E-state index is 0.0117. The number of anilines is 1. The van der Waals surface area contributed by atoms with E-state index in [0.29, 0.717) is 4.31 Å². The topological polar surface area (TPSA) is 74.7 Å². The van der Waals surface area contributed by atoms with Gasteiger partial charge in [-0.3, -0.25) is 4.31 Å². The van der Waals surface area contributed by atoms with Gasteiger partial charge in [-0.2, -0.15) is 0 Å². The third kappa shape index (κ3) is 3.63. The molecule has 0 aliphatic carbocycles. The number of nitrogens with zero attached hydrogens (tertiary/aromatic N) is 1. The second kappa shape index (κ2) is 6.96. The van der Waals surface area contributed by atoms with Crippen LogP contribution in [0, 0.1) is 5.82 Å². The zero-order valence-corrected chi connectivity index (χ0v) is 14.6. The summed E-state index contributed by atoms with van der Waals surface area (Å²) in [5.41, 5.74) is -0.0117. The Hall–Kier alpha value is -1.83. The number of hydrogen-bond donors (Lipinski definition) is 1. The molecule has 0 aliphatic heterocycles. The Morgan fingerprint density at radius 3 is 2.29 bits per heavy atom. The number of aliphatic carboxylic acids is 1. The number of sulfonamides is 1. The molecule has 5 nitrogen and oxygen atoms in total. The molecular weight excluding hydrogens is 380 g/mol. The van der Waals surface area contributed by atoms with E-state index in [1.807, 2.05) is 0 Å². The highest BCUT2D eigenvalue weighted by Gasteiger charge is 2.34. The Morgan fingerprint density at radius 1 is 1.17 bits per heavy atom. The van der Waals surface area contributed by atoms with Crippen molar-refractivity contribution in [2.75, 3.05) is 4.31 Å². The van der Waals surface area contributed by atoms with Gasteiger partial charge in [0.2, 0.25) is 0 Å². The fraction of sp³-hybridized carbons (Fsp3) is 0.133. The highest BCUT2D eigenvalue weighted by molar-refractivity contribution is 7.93. The molecule has 2 rings (SSSR count). The van der Waals surface area contributed by atoms with Crippen LogP contribution in [0.2, 0.25) is 10.0 Å². The molecule has 0 saturated carbocycles. The third-order valence-corrected chi connectivity index (χ3v) is 5.84. The van der Waals surface area contributed by atoms with Crippen LogP contribution in [0.1, 0.15) is 6.92 Å². The molecule has 2 aromatic rings. The lowest BCUT2D eigenvalue weighted by atomic mass is 10.2. The largest absolute Gasteiger partial charge is 0.480 e. The van der Waals surface area contributed by atoms with E-state index < -0.39 is 27.9 Å². The third-order valence-electron chi connectivity index (χ3n) is 3.22. The molecule has 128 valence electrons. The molecule has 1 unspecified atom stereocenters. The molecule has 0 heterocycles. The molecule has 1 N–H and O–H groups in total. The fourth-order valence-corrected chi connectivity index (χ4v) is 4.39. The normalized spacial score (nSPS) is 12.7. The molecule has 0 radical (unpaired) electrons. The van der Waals surface area contributed by atoms with Gasteiger partial charge in [0.25, 0.3) is 10.0 Å². The lowest BCUT2D eigenvalue weighted by Crippen LogP contribution is -2.43. The zero-order valence-electron chi connectivity index (χ0n) is 12.3. The Labute approximate surface area is 148 Å². The Bertz CT molecular complexity index is 872. The Kier molecular flexibility index (Phi) is 5.37. The number of benzene rings is 2. The van der Waals surface area contributed by atoms with Crippen LogP contribution in [-0.4, -0.2) is 25.5 Å². The summed E-state index contributed by atoms with van der Waals surface area (Å²) in [4.78, 5) is 11.0. The second-order valence-corrected chi connectivity index (χ2v) is 7.49. The van der Waals surface area contributed by atoms with Crippen molar-refractivity contribution in [2.24, 2.45) is 0 Å². The first-order chi connectivity index (χ1) is 11.1. The molecule has 0 amide bonds. The maximum atomic E-state index is 13.1. The maximum Gasteiger partial charge on any atom is 0.327 e. The van der Waals surface area contributed by atoms with Crippen LogP contribution in [0.15, 0.2) is 47.4 Å². The van der Waals surface area contributed by atoms with E-state index in [1.165, 1.54) is 31.2 Å².